The molecule has 0 fully saturated rings. The third-order valence-corrected chi connectivity index (χ3v) is 5.28. The van der Waals surface area contributed by atoms with Gasteiger partial charge in [0.15, 0.2) is 0 Å². The molecule has 5 nitrogen and oxygen atoms in total. The van der Waals surface area contributed by atoms with Crippen LogP contribution in [0.25, 0.3) is 0 Å². The maximum Gasteiger partial charge on any atom is 0.256 e. The standard InChI is InChI=1S/C20H20FN3O2S/c1-13-17(14(2)26-23-13)12-27-19-16(8-6-10-22-19)20(25)24(3)11-15-7-4-5-9-18(15)21/h4-10H,11-12H2,1-3H3. The fourth-order valence-electron chi connectivity index (χ4n) is 2.68. The topological polar surface area (TPSA) is 59.2 Å². The second kappa shape index (κ2) is 8.35. The van der Waals surface area contributed by atoms with Gasteiger partial charge in [-0.1, -0.05) is 23.4 Å². The summed E-state index contributed by atoms with van der Waals surface area (Å²) in [7, 11) is 1.66. The van der Waals surface area contributed by atoms with E-state index in [1.165, 1.54) is 22.7 Å². The lowest BCUT2D eigenvalue weighted by molar-refractivity contribution is 0.0779. The van der Waals surface area contributed by atoms with E-state index in [4.69, 9.17) is 4.52 Å². The fraction of sp³-hybridized carbons (Fsp3) is 0.250. The van der Waals surface area contributed by atoms with Crippen molar-refractivity contribution in [3.63, 3.8) is 0 Å². The largest absolute Gasteiger partial charge is 0.361 e. The van der Waals surface area contributed by atoms with E-state index in [-0.39, 0.29) is 18.3 Å². The third kappa shape index (κ3) is 4.36. The van der Waals surface area contributed by atoms with Gasteiger partial charge in [0.25, 0.3) is 5.91 Å². The predicted octanol–water partition coefficient (Wildman–Crippen LogP) is 4.39. The summed E-state index contributed by atoms with van der Waals surface area (Å²) in [5.41, 5.74) is 2.81. The normalized spacial score (nSPS) is 10.8. The molecule has 0 saturated heterocycles. The zero-order chi connectivity index (χ0) is 19.4. The van der Waals surface area contributed by atoms with Crippen LogP contribution in [0.5, 0.6) is 0 Å². The van der Waals surface area contributed by atoms with Gasteiger partial charge < -0.3 is 9.42 Å². The van der Waals surface area contributed by atoms with E-state index in [0.717, 1.165) is 17.0 Å². The first-order chi connectivity index (χ1) is 13.0. The molecule has 0 aliphatic rings. The van der Waals surface area contributed by atoms with Crippen molar-refractivity contribution in [2.75, 3.05) is 7.05 Å². The van der Waals surface area contributed by atoms with Crippen molar-refractivity contribution in [3.05, 3.63) is 76.6 Å². The monoisotopic (exact) mass is 385 g/mol. The lowest BCUT2D eigenvalue weighted by atomic mass is 10.2. The molecular weight excluding hydrogens is 365 g/mol. The molecule has 140 valence electrons. The van der Waals surface area contributed by atoms with Crippen molar-refractivity contribution in [2.45, 2.75) is 31.2 Å². The summed E-state index contributed by atoms with van der Waals surface area (Å²) in [4.78, 5) is 18.7. The molecule has 0 radical (unpaired) electrons. The van der Waals surface area contributed by atoms with Gasteiger partial charge in [0.05, 0.1) is 11.3 Å². The first-order valence-corrected chi connectivity index (χ1v) is 9.44. The van der Waals surface area contributed by atoms with Gasteiger partial charge in [0.1, 0.15) is 16.6 Å². The van der Waals surface area contributed by atoms with Crippen LogP contribution < -0.4 is 0 Å². The number of carbonyl (C=O) groups is 1. The van der Waals surface area contributed by atoms with Gasteiger partial charge in [0, 0.05) is 36.7 Å². The average molecular weight is 385 g/mol. The highest BCUT2D eigenvalue weighted by Crippen LogP contribution is 2.28. The first-order valence-electron chi connectivity index (χ1n) is 8.45. The summed E-state index contributed by atoms with van der Waals surface area (Å²) >= 11 is 1.46. The summed E-state index contributed by atoms with van der Waals surface area (Å²) in [6.45, 7) is 3.94. The van der Waals surface area contributed by atoms with Gasteiger partial charge in [-0.05, 0) is 32.0 Å². The van der Waals surface area contributed by atoms with Crippen molar-refractivity contribution < 1.29 is 13.7 Å². The Hall–Kier alpha value is -2.67. The first kappa shape index (κ1) is 19.1. The van der Waals surface area contributed by atoms with Crippen molar-refractivity contribution in [2.24, 2.45) is 0 Å². The molecule has 0 N–H and O–H groups in total. The molecule has 2 heterocycles. The van der Waals surface area contributed by atoms with Crippen molar-refractivity contribution in [3.8, 4) is 0 Å². The number of benzene rings is 1. The second-order valence-corrected chi connectivity index (χ2v) is 7.16. The highest BCUT2D eigenvalue weighted by molar-refractivity contribution is 7.98. The Balaban J connectivity index is 1.76. The van der Waals surface area contributed by atoms with Crippen molar-refractivity contribution in [1.82, 2.24) is 15.0 Å². The second-order valence-electron chi connectivity index (χ2n) is 6.20. The van der Waals surface area contributed by atoms with E-state index in [0.29, 0.717) is 21.9 Å². The number of amides is 1. The number of halogens is 1. The number of thioether (sulfide) groups is 1. The molecule has 0 atom stereocenters. The summed E-state index contributed by atoms with van der Waals surface area (Å²) in [6, 6.07) is 9.92. The molecule has 1 aromatic carbocycles. The highest BCUT2D eigenvalue weighted by Gasteiger charge is 2.19. The number of pyridine rings is 1. The SMILES string of the molecule is Cc1noc(C)c1CSc1ncccc1C(=O)N(C)Cc1ccccc1F. The third-order valence-electron chi connectivity index (χ3n) is 4.25. The molecule has 0 aliphatic carbocycles. The van der Waals surface area contributed by atoms with Gasteiger partial charge >= 0.3 is 0 Å². The van der Waals surface area contributed by atoms with Crippen molar-refractivity contribution >= 4 is 17.7 Å². The van der Waals surface area contributed by atoms with Crippen LogP contribution in [0.15, 0.2) is 52.1 Å². The molecular formula is C20H20FN3O2S. The number of carbonyl (C=O) groups excluding carboxylic acids is 1. The summed E-state index contributed by atoms with van der Waals surface area (Å²) in [5.74, 6) is 0.847. The molecule has 27 heavy (non-hydrogen) atoms. The predicted molar refractivity (Wildman–Crippen MR) is 102 cm³/mol. The number of hydrogen-bond donors (Lipinski definition) is 0. The van der Waals surface area contributed by atoms with E-state index in [1.54, 1.807) is 43.6 Å². The molecule has 2 aromatic heterocycles. The van der Waals surface area contributed by atoms with Crippen molar-refractivity contribution in [1.29, 1.82) is 0 Å². The summed E-state index contributed by atoms with van der Waals surface area (Å²) < 4.78 is 19.1. The van der Waals surface area contributed by atoms with Crippen LogP contribution in [0.4, 0.5) is 4.39 Å². The van der Waals surface area contributed by atoms with E-state index >= 15 is 0 Å². The van der Waals surface area contributed by atoms with Crippen LogP contribution in [0.2, 0.25) is 0 Å². The van der Waals surface area contributed by atoms with Crippen LogP contribution >= 0.6 is 11.8 Å². The maximum absolute atomic E-state index is 13.9. The van der Waals surface area contributed by atoms with Crippen LogP contribution in [-0.4, -0.2) is 28.0 Å². The molecule has 0 unspecified atom stereocenters. The highest BCUT2D eigenvalue weighted by atomic mass is 32.2. The van der Waals surface area contributed by atoms with Gasteiger partial charge in [0.2, 0.25) is 0 Å². The van der Waals surface area contributed by atoms with Crippen LogP contribution in [0, 0.1) is 19.7 Å². The molecule has 0 spiro atoms. The number of aryl methyl sites for hydroxylation is 2. The zero-order valence-corrected chi connectivity index (χ0v) is 16.2. The Labute approximate surface area is 161 Å². The lowest BCUT2D eigenvalue weighted by Gasteiger charge is -2.19. The Kier molecular flexibility index (Phi) is 5.91. The summed E-state index contributed by atoms with van der Waals surface area (Å²) in [6.07, 6.45) is 1.66. The quantitative estimate of drug-likeness (QED) is 0.589. The maximum atomic E-state index is 13.9. The van der Waals surface area contributed by atoms with Gasteiger partial charge in [-0.15, -0.1) is 11.8 Å². The molecule has 7 heteroatoms. The van der Waals surface area contributed by atoms with Crippen LogP contribution in [0.3, 0.4) is 0 Å². The minimum absolute atomic E-state index is 0.189. The van der Waals surface area contributed by atoms with Gasteiger partial charge in [-0.2, -0.15) is 0 Å². The van der Waals surface area contributed by atoms with Gasteiger partial charge in [-0.25, -0.2) is 9.37 Å². The van der Waals surface area contributed by atoms with Crippen LogP contribution in [0.1, 0.15) is 32.9 Å². The van der Waals surface area contributed by atoms with E-state index in [9.17, 15) is 9.18 Å². The Bertz CT molecular complexity index is 938. The molecule has 1 amide bonds. The number of rotatable bonds is 6. The van der Waals surface area contributed by atoms with E-state index < -0.39 is 0 Å². The molecule has 3 aromatic rings. The smallest absolute Gasteiger partial charge is 0.256 e. The lowest BCUT2D eigenvalue weighted by Crippen LogP contribution is -2.27. The Morgan fingerprint density at radius 3 is 2.70 bits per heavy atom. The minimum Gasteiger partial charge on any atom is -0.361 e. The Morgan fingerprint density at radius 2 is 2.00 bits per heavy atom. The van der Waals surface area contributed by atoms with Crippen LogP contribution in [-0.2, 0) is 12.3 Å². The number of hydrogen-bond acceptors (Lipinski definition) is 5. The van der Waals surface area contributed by atoms with E-state index in [1.807, 2.05) is 13.8 Å². The Morgan fingerprint density at radius 1 is 1.22 bits per heavy atom. The number of nitrogens with zero attached hydrogens (tertiary/aromatic N) is 3. The minimum atomic E-state index is -0.323. The average Bonchev–Trinajstić information content (AvgIpc) is 2.99. The molecule has 0 aliphatic heterocycles. The molecule has 0 saturated carbocycles. The molecule has 3 rings (SSSR count). The molecule has 0 bridgehead atoms. The summed E-state index contributed by atoms with van der Waals surface area (Å²) in [5, 5.41) is 4.58. The van der Waals surface area contributed by atoms with E-state index in [2.05, 4.69) is 10.1 Å². The van der Waals surface area contributed by atoms with Gasteiger partial charge in [-0.3, -0.25) is 4.79 Å². The zero-order valence-electron chi connectivity index (χ0n) is 15.4. The fourth-order valence-corrected chi connectivity index (χ4v) is 3.82. The number of aromatic nitrogens is 2.